The van der Waals surface area contributed by atoms with E-state index in [0.717, 1.165) is 25.7 Å². The van der Waals surface area contributed by atoms with E-state index in [4.69, 9.17) is 32.7 Å². The van der Waals surface area contributed by atoms with Crippen molar-refractivity contribution in [3.8, 4) is 0 Å². The monoisotopic (exact) mass is 551 g/mol. The molecule has 8 nitrogen and oxygen atoms in total. The zero-order chi connectivity index (χ0) is 26.0. The number of carbonyl (C=O) groups is 2. The Morgan fingerprint density at radius 3 is 2.57 bits per heavy atom. The van der Waals surface area contributed by atoms with Crippen molar-refractivity contribution in [2.24, 2.45) is 11.8 Å². The van der Waals surface area contributed by atoms with Crippen LogP contribution in [-0.2, 0) is 18.8 Å². The first-order chi connectivity index (χ1) is 16.6. The van der Waals surface area contributed by atoms with Crippen molar-refractivity contribution in [1.29, 1.82) is 0 Å². The van der Waals surface area contributed by atoms with E-state index in [2.05, 4.69) is 0 Å². The fraction of sp³-hybridized carbons (Fsp3) is 0.667. The normalized spacial score (nSPS) is 20.5. The van der Waals surface area contributed by atoms with Crippen molar-refractivity contribution >= 4 is 43.3 Å². The van der Waals surface area contributed by atoms with Crippen LogP contribution in [0.5, 0.6) is 0 Å². The van der Waals surface area contributed by atoms with Crippen molar-refractivity contribution in [2.75, 3.05) is 13.0 Å². The molecule has 1 saturated carbocycles. The SMILES string of the molecule is CCCC(=O)OCOC(=O)N(C(O)CCC1CCCC(C[PH](=O)O)C1)[C@@H](C)c1ccc(Cl)c(Cl)c1. The molecule has 198 valence electrons. The minimum atomic E-state index is -2.50. The molecule has 0 spiro atoms. The molecule has 1 aliphatic carbocycles. The molecular formula is C24H36Cl2NO7P. The van der Waals surface area contributed by atoms with Crippen LogP contribution in [-0.4, -0.2) is 46.1 Å². The van der Waals surface area contributed by atoms with E-state index < -0.39 is 39.2 Å². The second kappa shape index (κ2) is 15.1. The molecule has 2 rings (SSSR count). The van der Waals surface area contributed by atoms with Crippen LogP contribution in [0.2, 0.25) is 10.0 Å². The van der Waals surface area contributed by atoms with Crippen molar-refractivity contribution in [1.82, 2.24) is 4.90 Å². The molecule has 0 heterocycles. The van der Waals surface area contributed by atoms with Crippen molar-refractivity contribution in [2.45, 2.75) is 77.5 Å². The molecule has 35 heavy (non-hydrogen) atoms. The Bertz CT molecular complexity index is 872. The number of amides is 1. The van der Waals surface area contributed by atoms with Crippen LogP contribution >= 0.6 is 31.2 Å². The molecule has 5 atom stereocenters. The minimum absolute atomic E-state index is 0.219. The van der Waals surface area contributed by atoms with Crippen LogP contribution < -0.4 is 0 Å². The summed E-state index contributed by atoms with van der Waals surface area (Å²) in [6.07, 6.45) is 3.91. The molecule has 2 N–H and O–H groups in total. The van der Waals surface area contributed by atoms with Crippen molar-refractivity contribution in [3.63, 3.8) is 0 Å². The molecule has 11 heteroatoms. The number of benzene rings is 1. The first-order valence-corrected chi connectivity index (χ1v) is 14.4. The molecule has 0 aliphatic heterocycles. The van der Waals surface area contributed by atoms with E-state index in [1.807, 2.05) is 6.92 Å². The maximum absolute atomic E-state index is 12.9. The van der Waals surface area contributed by atoms with Gasteiger partial charge in [-0.2, -0.15) is 0 Å². The Kier molecular flexibility index (Phi) is 12.9. The summed E-state index contributed by atoms with van der Waals surface area (Å²) in [7, 11) is -2.50. The van der Waals surface area contributed by atoms with Gasteiger partial charge in [-0.05, 0) is 68.6 Å². The number of halogens is 2. The predicted molar refractivity (Wildman–Crippen MR) is 136 cm³/mol. The van der Waals surface area contributed by atoms with Gasteiger partial charge in [0.05, 0.1) is 16.1 Å². The lowest BCUT2D eigenvalue weighted by Gasteiger charge is -2.34. The molecular weight excluding hydrogens is 516 g/mol. The Balaban J connectivity index is 2.07. The highest BCUT2D eigenvalue weighted by Crippen LogP contribution is 2.37. The average Bonchev–Trinajstić information content (AvgIpc) is 2.79. The Hall–Kier alpha value is -1.31. The molecule has 1 aliphatic rings. The lowest BCUT2D eigenvalue weighted by molar-refractivity contribution is -0.153. The summed E-state index contributed by atoms with van der Waals surface area (Å²) in [6, 6.07) is 4.37. The number of hydrogen-bond donors (Lipinski definition) is 2. The summed E-state index contributed by atoms with van der Waals surface area (Å²) in [5.74, 6) is 0.0522. The Morgan fingerprint density at radius 2 is 1.91 bits per heavy atom. The van der Waals surface area contributed by atoms with Gasteiger partial charge in [0.2, 0.25) is 6.79 Å². The van der Waals surface area contributed by atoms with E-state index in [1.54, 1.807) is 25.1 Å². The summed E-state index contributed by atoms with van der Waals surface area (Å²) >= 11 is 12.2. The smallest absolute Gasteiger partial charge is 0.415 e. The van der Waals surface area contributed by atoms with Crippen LogP contribution in [0.3, 0.4) is 0 Å². The highest BCUT2D eigenvalue weighted by molar-refractivity contribution is 7.38. The topological polar surface area (TPSA) is 113 Å². The third-order valence-electron chi connectivity index (χ3n) is 6.42. The van der Waals surface area contributed by atoms with Gasteiger partial charge in [-0.1, -0.05) is 49.0 Å². The van der Waals surface area contributed by atoms with E-state index in [-0.39, 0.29) is 12.3 Å². The van der Waals surface area contributed by atoms with Gasteiger partial charge in [-0.15, -0.1) is 0 Å². The molecule has 4 unspecified atom stereocenters. The van der Waals surface area contributed by atoms with Gasteiger partial charge in [0, 0.05) is 12.6 Å². The Labute approximate surface area is 217 Å². The largest absolute Gasteiger partial charge is 0.428 e. The lowest BCUT2D eigenvalue weighted by Crippen LogP contribution is -2.43. The molecule has 1 aromatic rings. The van der Waals surface area contributed by atoms with Crippen LogP contribution in [0, 0.1) is 11.8 Å². The Morgan fingerprint density at radius 1 is 1.20 bits per heavy atom. The second-order valence-corrected chi connectivity index (χ2v) is 11.1. The number of ether oxygens (including phenoxy) is 2. The number of nitrogens with zero attached hydrogens (tertiary/aromatic N) is 1. The molecule has 0 saturated heterocycles. The van der Waals surface area contributed by atoms with Crippen molar-refractivity contribution in [3.05, 3.63) is 33.8 Å². The van der Waals surface area contributed by atoms with Gasteiger partial charge in [0.25, 0.3) is 0 Å². The number of rotatable bonds is 12. The zero-order valence-corrected chi connectivity index (χ0v) is 22.8. The first kappa shape index (κ1) is 29.9. The number of carbonyl (C=O) groups excluding carboxylic acids is 2. The number of aliphatic hydroxyl groups excluding tert-OH is 1. The fourth-order valence-corrected chi connectivity index (χ4v) is 5.76. The standard InChI is InChI=1S/C24H36Cl2NO7P/c1-3-5-23(29)33-15-34-24(30)27(16(2)19-9-10-20(25)21(26)13-19)22(28)11-8-17-6-4-7-18(12-17)14-35(31)32/h9-10,13,16-18,22,28,35H,3-8,11-12,14-15H2,1-2H3,(H,31,32)/t16-,17?,18?,22?/m0/s1. The molecule has 1 amide bonds. The summed E-state index contributed by atoms with van der Waals surface area (Å²) in [6.45, 7) is 3.03. The molecule has 1 fully saturated rings. The van der Waals surface area contributed by atoms with Crippen LogP contribution in [0.15, 0.2) is 18.2 Å². The number of aliphatic hydroxyl groups is 1. The van der Waals surface area contributed by atoms with Gasteiger partial charge < -0.3 is 19.5 Å². The summed E-state index contributed by atoms with van der Waals surface area (Å²) in [4.78, 5) is 35.0. The van der Waals surface area contributed by atoms with Crippen molar-refractivity contribution < 1.29 is 33.6 Å². The molecule has 1 aromatic carbocycles. The van der Waals surface area contributed by atoms with E-state index >= 15 is 0 Å². The van der Waals surface area contributed by atoms with Gasteiger partial charge in [0.15, 0.2) is 8.03 Å². The fourth-order valence-electron chi connectivity index (χ4n) is 4.59. The minimum Gasteiger partial charge on any atom is -0.428 e. The third kappa shape index (κ3) is 9.93. The molecule has 0 aromatic heterocycles. The summed E-state index contributed by atoms with van der Waals surface area (Å²) < 4.78 is 21.3. The van der Waals surface area contributed by atoms with Crippen LogP contribution in [0.25, 0.3) is 0 Å². The lowest BCUT2D eigenvalue weighted by atomic mass is 9.80. The quantitative estimate of drug-likeness (QED) is 0.181. The van der Waals surface area contributed by atoms with Crippen LogP contribution in [0.1, 0.15) is 76.8 Å². The summed E-state index contributed by atoms with van der Waals surface area (Å²) in [5.41, 5.74) is 0.657. The maximum Gasteiger partial charge on any atom is 0.415 e. The predicted octanol–water partition coefficient (Wildman–Crippen LogP) is 6.17. The first-order valence-electron chi connectivity index (χ1n) is 12.1. The molecule has 0 radical (unpaired) electrons. The zero-order valence-electron chi connectivity index (χ0n) is 20.3. The van der Waals surface area contributed by atoms with Gasteiger partial charge in [-0.3, -0.25) is 14.3 Å². The van der Waals surface area contributed by atoms with E-state index in [9.17, 15) is 24.2 Å². The van der Waals surface area contributed by atoms with Gasteiger partial charge in [0.1, 0.15) is 6.23 Å². The maximum atomic E-state index is 12.9. The number of hydrogen-bond acceptors (Lipinski definition) is 6. The van der Waals surface area contributed by atoms with Crippen LogP contribution in [0.4, 0.5) is 4.79 Å². The third-order valence-corrected chi connectivity index (χ3v) is 8.09. The van der Waals surface area contributed by atoms with Gasteiger partial charge >= 0.3 is 12.1 Å². The molecule has 0 bridgehead atoms. The highest BCUT2D eigenvalue weighted by atomic mass is 35.5. The van der Waals surface area contributed by atoms with Gasteiger partial charge in [-0.25, -0.2) is 4.79 Å². The highest BCUT2D eigenvalue weighted by Gasteiger charge is 2.31. The van der Waals surface area contributed by atoms with E-state index in [0.29, 0.717) is 47.0 Å². The average molecular weight is 552 g/mol. The van der Waals surface area contributed by atoms with E-state index in [1.165, 1.54) is 4.90 Å². The summed E-state index contributed by atoms with van der Waals surface area (Å²) in [5, 5.41) is 11.7. The number of esters is 1. The second-order valence-electron chi connectivity index (χ2n) is 9.11.